The van der Waals surface area contributed by atoms with Gasteiger partial charge in [0.1, 0.15) is 0 Å². The number of aromatic amines is 1. The van der Waals surface area contributed by atoms with Gasteiger partial charge in [-0.2, -0.15) is 15.4 Å². The maximum atomic E-state index is 11.8. The first kappa shape index (κ1) is 12.9. The maximum absolute atomic E-state index is 11.8. The first-order valence-corrected chi connectivity index (χ1v) is 5.72. The Kier molecular flexibility index (Phi) is 3.97. The van der Waals surface area contributed by atoms with E-state index in [1.165, 1.54) is 6.20 Å². The average molecular weight is 262 g/mol. The number of carbonyl (C=O) groups is 1. The maximum Gasteiger partial charge on any atom is 0.277 e. The molecule has 7 nitrogen and oxygen atoms in total. The van der Waals surface area contributed by atoms with Crippen molar-refractivity contribution >= 4 is 11.6 Å². The molecular formula is C12H14N4O3. The number of carbonyl (C=O) groups excluding carboxylic acids is 1. The van der Waals surface area contributed by atoms with E-state index in [-0.39, 0.29) is 11.6 Å². The standard InChI is InChI=1S/C12H14N4O3/c1-3-19-10-5-4-8(6-11(10)18-2)14-12(17)9-7-13-16-15-9/h4-7H,3H2,1-2H3,(H,14,17)(H,13,15,16). The molecule has 2 aromatic rings. The highest BCUT2D eigenvalue weighted by molar-refractivity contribution is 6.02. The zero-order valence-corrected chi connectivity index (χ0v) is 10.6. The molecule has 0 aliphatic rings. The summed E-state index contributed by atoms with van der Waals surface area (Å²) in [5.41, 5.74) is 0.807. The fraction of sp³-hybridized carbons (Fsp3) is 0.250. The largest absolute Gasteiger partial charge is 0.493 e. The number of methoxy groups -OCH3 is 1. The highest BCUT2D eigenvalue weighted by atomic mass is 16.5. The molecule has 0 bridgehead atoms. The summed E-state index contributed by atoms with van der Waals surface area (Å²) in [5.74, 6) is 0.837. The topological polar surface area (TPSA) is 89.1 Å². The molecule has 1 aromatic carbocycles. The number of anilines is 1. The van der Waals surface area contributed by atoms with Crippen molar-refractivity contribution in [3.63, 3.8) is 0 Å². The van der Waals surface area contributed by atoms with Crippen LogP contribution in [0.4, 0.5) is 5.69 Å². The van der Waals surface area contributed by atoms with E-state index in [1.54, 1.807) is 25.3 Å². The van der Waals surface area contributed by atoms with E-state index in [4.69, 9.17) is 9.47 Å². The van der Waals surface area contributed by atoms with Gasteiger partial charge in [-0.15, -0.1) is 0 Å². The fourth-order valence-corrected chi connectivity index (χ4v) is 1.53. The van der Waals surface area contributed by atoms with Crippen LogP contribution in [0.15, 0.2) is 24.4 Å². The van der Waals surface area contributed by atoms with Crippen LogP contribution in [0.25, 0.3) is 0 Å². The van der Waals surface area contributed by atoms with Crippen LogP contribution in [0.1, 0.15) is 17.4 Å². The smallest absolute Gasteiger partial charge is 0.277 e. The van der Waals surface area contributed by atoms with Crippen molar-refractivity contribution in [1.29, 1.82) is 0 Å². The highest BCUT2D eigenvalue weighted by Crippen LogP contribution is 2.30. The molecule has 100 valence electrons. The summed E-state index contributed by atoms with van der Waals surface area (Å²) in [6, 6.07) is 5.15. The lowest BCUT2D eigenvalue weighted by molar-refractivity contribution is 0.102. The van der Waals surface area contributed by atoms with E-state index in [9.17, 15) is 4.79 Å². The van der Waals surface area contributed by atoms with Gasteiger partial charge in [-0.3, -0.25) is 4.79 Å². The summed E-state index contributed by atoms with van der Waals surface area (Å²) in [6.45, 7) is 2.43. The molecule has 0 aliphatic heterocycles. The van der Waals surface area contributed by atoms with Gasteiger partial charge in [0.25, 0.3) is 5.91 Å². The number of nitrogens with one attached hydrogen (secondary N) is 2. The molecule has 0 fully saturated rings. The van der Waals surface area contributed by atoms with E-state index in [0.717, 1.165) is 0 Å². The molecule has 2 N–H and O–H groups in total. The summed E-state index contributed by atoms with van der Waals surface area (Å²) < 4.78 is 10.6. The number of nitrogens with zero attached hydrogens (tertiary/aromatic N) is 2. The molecule has 0 saturated heterocycles. The van der Waals surface area contributed by atoms with Gasteiger partial charge >= 0.3 is 0 Å². The molecule has 0 aliphatic carbocycles. The van der Waals surface area contributed by atoms with Gasteiger partial charge in [0.15, 0.2) is 17.2 Å². The van der Waals surface area contributed by atoms with Gasteiger partial charge in [0.05, 0.1) is 19.9 Å². The van der Waals surface area contributed by atoms with Crippen molar-refractivity contribution in [3.05, 3.63) is 30.1 Å². The lowest BCUT2D eigenvalue weighted by atomic mass is 10.2. The molecule has 0 saturated carbocycles. The number of amides is 1. The monoisotopic (exact) mass is 262 g/mol. The van der Waals surface area contributed by atoms with E-state index < -0.39 is 0 Å². The van der Waals surface area contributed by atoms with Crippen molar-refractivity contribution in [2.75, 3.05) is 19.0 Å². The third-order valence-electron chi connectivity index (χ3n) is 2.37. The van der Waals surface area contributed by atoms with Gasteiger partial charge in [0, 0.05) is 11.8 Å². The normalized spacial score (nSPS) is 10.0. The average Bonchev–Trinajstić information content (AvgIpc) is 2.94. The predicted octanol–water partition coefficient (Wildman–Crippen LogP) is 1.46. The number of aromatic nitrogens is 3. The molecule has 1 aromatic heterocycles. The number of hydrogen-bond donors (Lipinski definition) is 2. The van der Waals surface area contributed by atoms with E-state index in [0.29, 0.717) is 23.8 Å². The Morgan fingerprint density at radius 1 is 1.42 bits per heavy atom. The Morgan fingerprint density at radius 3 is 2.89 bits per heavy atom. The van der Waals surface area contributed by atoms with Crippen LogP contribution in [-0.2, 0) is 0 Å². The highest BCUT2D eigenvalue weighted by Gasteiger charge is 2.11. The summed E-state index contributed by atoms with van der Waals surface area (Å²) in [4.78, 5) is 11.8. The lowest BCUT2D eigenvalue weighted by Gasteiger charge is -2.11. The zero-order chi connectivity index (χ0) is 13.7. The zero-order valence-electron chi connectivity index (χ0n) is 10.6. The molecule has 1 amide bonds. The van der Waals surface area contributed by atoms with Gasteiger partial charge in [-0.25, -0.2) is 0 Å². The summed E-state index contributed by atoms with van der Waals surface area (Å²) in [6.07, 6.45) is 1.35. The van der Waals surface area contributed by atoms with Crippen LogP contribution >= 0.6 is 0 Å². The van der Waals surface area contributed by atoms with Gasteiger partial charge in [-0.05, 0) is 19.1 Å². The number of ether oxygens (including phenoxy) is 2. The van der Waals surface area contributed by atoms with E-state index in [1.807, 2.05) is 6.92 Å². The first-order chi connectivity index (χ1) is 9.24. The summed E-state index contributed by atoms with van der Waals surface area (Å²) in [5, 5.41) is 12.3. The minimum atomic E-state index is -0.347. The molecule has 0 unspecified atom stereocenters. The Balaban J connectivity index is 2.15. The van der Waals surface area contributed by atoms with Crippen molar-refractivity contribution < 1.29 is 14.3 Å². The van der Waals surface area contributed by atoms with Gasteiger partial charge in [-0.1, -0.05) is 0 Å². The quantitative estimate of drug-likeness (QED) is 0.851. The van der Waals surface area contributed by atoms with Gasteiger partial charge < -0.3 is 14.8 Å². The van der Waals surface area contributed by atoms with Crippen LogP contribution in [0.2, 0.25) is 0 Å². The third-order valence-corrected chi connectivity index (χ3v) is 2.37. The number of H-pyrrole nitrogens is 1. The van der Waals surface area contributed by atoms with Crippen molar-refractivity contribution in [2.45, 2.75) is 6.92 Å². The van der Waals surface area contributed by atoms with Crippen LogP contribution in [0.3, 0.4) is 0 Å². The molecule has 1 heterocycles. The Morgan fingerprint density at radius 2 is 2.26 bits per heavy atom. The summed E-state index contributed by atoms with van der Waals surface area (Å²) >= 11 is 0. The second kappa shape index (κ2) is 5.85. The van der Waals surface area contributed by atoms with Crippen molar-refractivity contribution in [3.8, 4) is 11.5 Å². The number of hydrogen-bond acceptors (Lipinski definition) is 5. The van der Waals surface area contributed by atoms with Crippen LogP contribution in [-0.4, -0.2) is 35.0 Å². The first-order valence-electron chi connectivity index (χ1n) is 5.72. The lowest BCUT2D eigenvalue weighted by Crippen LogP contribution is -2.12. The predicted molar refractivity (Wildman–Crippen MR) is 68.5 cm³/mol. The Labute approximate surface area is 109 Å². The minimum Gasteiger partial charge on any atom is -0.493 e. The number of rotatable bonds is 5. The Bertz CT molecular complexity index is 554. The minimum absolute atomic E-state index is 0.216. The molecule has 0 atom stereocenters. The van der Waals surface area contributed by atoms with Gasteiger partial charge in [0.2, 0.25) is 0 Å². The van der Waals surface area contributed by atoms with E-state index >= 15 is 0 Å². The van der Waals surface area contributed by atoms with Crippen molar-refractivity contribution in [1.82, 2.24) is 15.4 Å². The second-order valence-corrected chi connectivity index (χ2v) is 3.61. The van der Waals surface area contributed by atoms with Crippen LogP contribution < -0.4 is 14.8 Å². The fourth-order valence-electron chi connectivity index (χ4n) is 1.53. The molecule has 19 heavy (non-hydrogen) atoms. The molecular weight excluding hydrogens is 248 g/mol. The SMILES string of the molecule is CCOc1ccc(NC(=O)c2cn[nH]n2)cc1OC. The summed E-state index contributed by atoms with van der Waals surface area (Å²) in [7, 11) is 1.54. The van der Waals surface area contributed by atoms with Crippen LogP contribution in [0.5, 0.6) is 11.5 Å². The van der Waals surface area contributed by atoms with E-state index in [2.05, 4.69) is 20.7 Å². The van der Waals surface area contributed by atoms with Crippen LogP contribution in [0, 0.1) is 0 Å². The molecule has 0 radical (unpaired) electrons. The second-order valence-electron chi connectivity index (χ2n) is 3.61. The molecule has 0 spiro atoms. The molecule has 2 rings (SSSR count). The molecule has 7 heteroatoms. The third kappa shape index (κ3) is 3.01. The Hall–Kier alpha value is -2.57. The van der Waals surface area contributed by atoms with Crippen molar-refractivity contribution in [2.24, 2.45) is 0 Å². The number of benzene rings is 1.